The second-order valence-corrected chi connectivity index (χ2v) is 5.57. The van der Waals surface area contributed by atoms with Crippen molar-refractivity contribution in [2.75, 3.05) is 19.0 Å². The summed E-state index contributed by atoms with van der Waals surface area (Å²) in [5, 5.41) is 2.02. The Labute approximate surface area is 131 Å². The van der Waals surface area contributed by atoms with Gasteiger partial charge in [0.15, 0.2) is 0 Å². The summed E-state index contributed by atoms with van der Waals surface area (Å²) in [5.41, 5.74) is 3.13. The Balaban J connectivity index is 1.91. The lowest BCUT2D eigenvalue weighted by atomic mass is 10.1. The highest BCUT2D eigenvalue weighted by atomic mass is 19.1. The number of aromatic amines is 1. The van der Waals surface area contributed by atoms with Gasteiger partial charge in [0.25, 0.3) is 0 Å². The molecule has 0 atom stereocenters. The first-order chi connectivity index (χ1) is 11.1. The molecule has 5 nitrogen and oxygen atoms in total. The largest absolute Gasteiger partial charge is 0.363 e. The summed E-state index contributed by atoms with van der Waals surface area (Å²) in [6.07, 6.45) is 3.55. The molecule has 0 aliphatic heterocycles. The van der Waals surface area contributed by atoms with Gasteiger partial charge in [-0.25, -0.2) is 9.97 Å². The van der Waals surface area contributed by atoms with Gasteiger partial charge in [-0.2, -0.15) is 4.39 Å². The van der Waals surface area contributed by atoms with Crippen molar-refractivity contribution in [3.8, 4) is 11.3 Å². The normalized spacial score (nSPS) is 11.3. The first-order valence-electron chi connectivity index (χ1n) is 7.19. The predicted octanol–water partition coefficient (Wildman–Crippen LogP) is 3.38. The number of halogens is 1. The third-order valence-corrected chi connectivity index (χ3v) is 3.79. The van der Waals surface area contributed by atoms with E-state index >= 15 is 0 Å². The van der Waals surface area contributed by atoms with Crippen LogP contribution in [0, 0.1) is 5.95 Å². The van der Waals surface area contributed by atoms with Gasteiger partial charge in [-0.3, -0.25) is 4.98 Å². The van der Waals surface area contributed by atoms with E-state index in [9.17, 15) is 4.39 Å². The fourth-order valence-electron chi connectivity index (χ4n) is 2.64. The number of rotatable bonds is 2. The van der Waals surface area contributed by atoms with E-state index in [4.69, 9.17) is 0 Å². The molecule has 4 aromatic rings. The summed E-state index contributed by atoms with van der Waals surface area (Å²) < 4.78 is 13.8. The van der Waals surface area contributed by atoms with Gasteiger partial charge in [-0.1, -0.05) is 0 Å². The van der Waals surface area contributed by atoms with Gasteiger partial charge in [0.1, 0.15) is 11.5 Å². The fourth-order valence-corrected chi connectivity index (χ4v) is 2.64. The molecule has 0 aliphatic carbocycles. The Morgan fingerprint density at radius 1 is 1.04 bits per heavy atom. The SMILES string of the molecule is CN(C)c1cc(-c2ccc3c(n2)[nH]c2ccncc23)cc(F)n1. The van der Waals surface area contributed by atoms with Crippen molar-refractivity contribution in [1.29, 1.82) is 0 Å². The number of fused-ring (bicyclic) bond motifs is 3. The van der Waals surface area contributed by atoms with E-state index in [-0.39, 0.29) is 0 Å². The molecule has 4 heterocycles. The van der Waals surface area contributed by atoms with Crippen LogP contribution in [0.25, 0.3) is 33.2 Å². The second kappa shape index (κ2) is 5.01. The van der Waals surface area contributed by atoms with Gasteiger partial charge in [0, 0.05) is 48.9 Å². The fraction of sp³-hybridized carbons (Fsp3) is 0.118. The molecule has 4 aromatic heterocycles. The van der Waals surface area contributed by atoms with Crippen LogP contribution in [0.5, 0.6) is 0 Å². The van der Waals surface area contributed by atoms with Crippen molar-refractivity contribution in [3.63, 3.8) is 0 Å². The van der Waals surface area contributed by atoms with E-state index in [1.807, 2.05) is 44.6 Å². The summed E-state index contributed by atoms with van der Waals surface area (Å²) in [7, 11) is 3.65. The average molecular weight is 307 g/mol. The molecule has 0 fully saturated rings. The highest BCUT2D eigenvalue weighted by Gasteiger charge is 2.10. The quantitative estimate of drug-likeness (QED) is 0.577. The van der Waals surface area contributed by atoms with Crippen molar-refractivity contribution in [3.05, 3.63) is 48.7 Å². The molecule has 23 heavy (non-hydrogen) atoms. The van der Waals surface area contributed by atoms with Crippen molar-refractivity contribution < 1.29 is 4.39 Å². The minimum atomic E-state index is -0.519. The number of hydrogen-bond donors (Lipinski definition) is 1. The zero-order chi connectivity index (χ0) is 16.0. The van der Waals surface area contributed by atoms with E-state index < -0.39 is 5.95 Å². The van der Waals surface area contributed by atoms with Crippen LogP contribution < -0.4 is 4.90 Å². The number of hydrogen-bond acceptors (Lipinski definition) is 4. The maximum atomic E-state index is 13.8. The van der Waals surface area contributed by atoms with Gasteiger partial charge < -0.3 is 9.88 Å². The van der Waals surface area contributed by atoms with Crippen molar-refractivity contribution in [2.24, 2.45) is 0 Å². The smallest absolute Gasteiger partial charge is 0.215 e. The Bertz CT molecular complexity index is 1020. The molecular formula is C17H14FN5. The number of nitrogens with one attached hydrogen (secondary N) is 1. The summed E-state index contributed by atoms with van der Waals surface area (Å²) in [6.45, 7) is 0. The van der Waals surface area contributed by atoms with Crippen LogP contribution in [0.4, 0.5) is 10.2 Å². The van der Waals surface area contributed by atoms with E-state index in [1.54, 1.807) is 11.1 Å². The first kappa shape index (κ1) is 13.6. The van der Waals surface area contributed by atoms with Crippen LogP contribution in [0.15, 0.2) is 42.7 Å². The summed E-state index contributed by atoms with van der Waals surface area (Å²) in [4.78, 5) is 17.7. The Morgan fingerprint density at radius 3 is 2.74 bits per heavy atom. The molecule has 0 saturated carbocycles. The molecular weight excluding hydrogens is 293 g/mol. The third kappa shape index (κ3) is 2.28. The summed E-state index contributed by atoms with van der Waals surface area (Å²) in [6, 6.07) is 8.99. The van der Waals surface area contributed by atoms with Crippen molar-refractivity contribution >= 4 is 27.8 Å². The average Bonchev–Trinajstić information content (AvgIpc) is 2.91. The molecule has 0 amide bonds. The lowest BCUT2D eigenvalue weighted by Crippen LogP contribution is -2.11. The Morgan fingerprint density at radius 2 is 1.91 bits per heavy atom. The zero-order valence-electron chi connectivity index (χ0n) is 12.7. The summed E-state index contributed by atoms with van der Waals surface area (Å²) >= 11 is 0. The van der Waals surface area contributed by atoms with Gasteiger partial charge >= 0.3 is 0 Å². The van der Waals surface area contributed by atoms with Crippen molar-refractivity contribution in [1.82, 2.24) is 19.9 Å². The molecule has 0 aromatic carbocycles. The van der Waals surface area contributed by atoms with Crippen LogP contribution in [0.2, 0.25) is 0 Å². The van der Waals surface area contributed by atoms with Crippen LogP contribution >= 0.6 is 0 Å². The molecule has 4 rings (SSSR count). The lowest BCUT2D eigenvalue weighted by Gasteiger charge is -2.12. The van der Waals surface area contributed by atoms with Crippen molar-refractivity contribution in [2.45, 2.75) is 0 Å². The van der Waals surface area contributed by atoms with Crippen LogP contribution in [0.3, 0.4) is 0 Å². The molecule has 1 N–H and O–H groups in total. The zero-order valence-corrected chi connectivity index (χ0v) is 12.7. The standard InChI is InChI=1S/C17H14FN5/c1-23(2)16-8-10(7-15(18)22-16)13-4-3-11-12-9-19-6-5-14(12)21-17(11)20-13/h3-9H,1-2H3,(H,20,21). The summed E-state index contributed by atoms with van der Waals surface area (Å²) in [5.74, 6) is 0.0386. The van der Waals surface area contributed by atoms with Gasteiger partial charge in [-0.15, -0.1) is 0 Å². The van der Waals surface area contributed by atoms with Crippen LogP contribution in [-0.2, 0) is 0 Å². The molecule has 0 aliphatic rings. The second-order valence-electron chi connectivity index (χ2n) is 5.57. The Kier molecular flexibility index (Phi) is 2.97. The maximum absolute atomic E-state index is 13.8. The number of aromatic nitrogens is 4. The maximum Gasteiger partial charge on any atom is 0.215 e. The van der Waals surface area contributed by atoms with Gasteiger partial charge in [0.2, 0.25) is 5.95 Å². The van der Waals surface area contributed by atoms with Crippen LogP contribution in [0.1, 0.15) is 0 Å². The molecule has 0 unspecified atom stereocenters. The van der Waals surface area contributed by atoms with Gasteiger partial charge in [0.05, 0.1) is 11.2 Å². The third-order valence-electron chi connectivity index (χ3n) is 3.79. The monoisotopic (exact) mass is 307 g/mol. The van der Waals surface area contributed by atoms with Gasteiger partial charge in [-0.05, 0) is 24.3 Å². The first-order valence-corrected chi connectivity index (χ1v) is 7.19. The highest BCUT2D eigenvalue weighted by Crippen LogP contribution is 2.27. The Hall–Kier alpha value is -3.02. The minimum Gasteiger partial charge on any atom is -0.363 e. The highest BCUT2D eigenvalue weighted by molar-refractivity contribution is 6.05. The van der Waals surface area contributed by atoms with Crippen LogP contribution in [-0.4, -0.2) is 34.0 Å². The minimum absolute atomic E-state index is 0.519. The predicted molar refractivity (Wildman–Crippen MR) is 88.9 cm³/mol. The number of anilines is 1. The molecule has 0 bridgehead atoms. The molecule has 6 heteroatoms. The molecule has 114 valence electrons. The molecule has 0 spiro atoms. The number of nitrogens with zero attached hydrogens (tertiary/aromatic N) is 4. The number of H-pyrrole nitrogens is 1. The lowest BCUT2D eigenvalue weighted by molar-refractivity contribution is 0.584. The van der Waals surface area contributed by atoms with E-state index in [2.05, 4.69) is 19.9 Å². The topological polar surface area (TPSA) is 57.7 Å². The number of pyridine rings is 3. The molecule has 0 radical (unpaired) electrons. The molecule has 0 saturated heterocycles. The van der Waals surface area contributed by atoms with E-state index in [0.29, 0.717) is 17.1 Å². The van der Waals surface area contributed by atoms with E-state index in [1.165, 1.54) is 6.07 Å². The van der Waals surface area contributed by atoms with E-state index in [0.717, 1.165) is 21.9 Å².